The van der Waals surface area contributed by atoms with Crippen molar-refractivity contribution < 1.29 is 4.74 Å². The van der Waals surface area contributed by atoms with E-state index in [0.29, 0.717) is 6.10 Å². The predicted octanol–water partition coefficient (Wildman–Crippen LogP) is 1.97. The second-order valence-electron chi connectivity index (χ2n) is 5.37. The van der Waals surface area contributed by atoms with Gasteiger partial charge in [0.25, 0.3) is 0 Å². The summed E-state index contributed by atoms with van der Waals surface area (Å²) < 4.78 is 5.73. The van der Waals surface area contributed by atoms with E-state index in [1.165, 1.54) is 12.0 Å². The fourth-order valence-corrected chi connectivity index (χ4v) is 2.84. The van der Waals surface area contributed by atoms with Gasteiger partial charge in [0.15, 0.2) is 0 Å². The lowest BCUT2D eigenvalue weighted by Gasteiger charge is -2.34. The first-order chi connectivity index (χ1) is 9.22. The van der Waals surface area contributed by atoms with Crippen LogP contribution in [-0.2, 0) is 4.74 Å². The van der Waals surface area contributed by atoms with Gasteiger partial charge in [0.2, 0.25) is 0 Å². The molecule has 2 N–H and O–H groups in total. The molecule has 1 fully saturated rings. The van der Waals surface area contributed by atoms with Crippen LogP contribution in [0.4, 0.5) is 0 Å². The maximum atomic E-state index is 6.32. The van der Waals surface area contributed by atoms with Gasteiger partial charge in [0.05, 0.1) is 6.10 Å². The Kier molecular flexibility index (Phi) is 5.31. The van der Waals surface area contributed by atoms with Crippen LogP contribution in [0.25, 0.3) is 0 Å². The van der Waals surface area contributed by atoms with Gasteiger partial charge in [-0.05, 0) is 44.0 Å². The monoisotopic (exact) mass is 263 g/mol. The molecule has 0 spiro atoms. The fourth-order valence-electron chi connectivity index (χ4n) is 2.84. The van der Waals surface area contributed by atoms with Crippen molar-refractivity contribution in [3.8, 4) is 0 Å². The van der Waals surface area contributed by atoms with Gasteiger partial charge in [-0.3, -0.25) is 9.88 Å². The van der Waals surface area contributed by atoms with Crippen LogP contribution in [0.15, 0.2) is 24.5 Å². The third kappa shape index (κ3) is 3.75. The molecule has 2 rings (SSSR count). The third-order valence-corrected chi connectivity index (χ3v) is 3.92. The zero-order valence-corrected chi connectivity index (χ0v) is 12.0. The Morgan fingerprint density at radius 1 is 1.47 bits per heavy atom. The molecule has 1 aliphatic heterocycles. The maximum Gasteiger partial charge on any atom is 0.0702 e. The number of ether oxygens (including phenoxy) is 1. The van der Waals surface area contributed by atoms with Crippen molar-refractivity contribution in [3.05, 3.63) is 30.1 Å². The van der Waals surface area contributed by atoms with Crippen molar-refractivity contribution in [1.82, 2.24) is 9.88 Å². The largest absolute Gasteiger partial charge is 0.377 e. The van der Waals surface area contributed by atoms with Gasteiger partial charge in [-0.2, -0.15) is 0 Å². The Bertz CT molecular complexity index is 365. The average Bonchev–Trinajstić information content (AvgIpc) is 2.93. The maximum absolute atomic E-state index is 6.32. The zero-order valence-electron chi connectivity index (χ0n) is 12.0. The summed E-state index contributed by atoms with van der Waals surface area (Å²) >= 11 is 0. The first kappa shape index (κ1) is 14.4. The molecule has 1 aromatic heterocycles. The van der Waals surface area contributed by atoms with Crippen molar-refractivity contribution in [2.24, 2.45) is 5.73 Å². The molecule has 3 atom stereocenters. The molecule has 0 saturated carbocycles. The number of aromatic nitrogens is 1. The first-order valence-corrected chi connectivity index (χ1v) is 7.19. The van der Waals surface area contributed by atoms with E-state index < -0.39 is 0 Å². The van der Waals surface area contributed by atoms with E-state index in [2.05, 4.69) is 36.0 Å². The molecular weight excluding hydrogens is 238 g/mol. The van der Waals surface area contributed by atoms with Crippen LogP contribution in [0, 0.1) is 0 Å². The van der Waals surface area contributed by atoms with Crippen LogP contribution in [0.1, 0.15) is 37.8 Å². The molecule has 0 amide bonds. The number of nitrogens with two attached hydrogens (primary N) is 1. The van der Waals surface area contributed by atoms with Crippen LogP contribution in [0.5, 0.6) is 0 Å². The van der Waals surface area contributed by atoms with Gasteiger partial charge in [0, 0.05) is 37.6 Å². The highest BCUT2D eigenvalue weighted by Crippen LogP contribution is 2.25. The molecule has 0 aliphatic carbocycles. The summed E-state index contributed by atoms with van der Waals surface area (Å²) in [5.41, 5.74) is 7.56. The summed E-state index contributed by atoms with van der Waals surface area (Å²) in [6.45, 7) is 3.98. The molecule has 106 valence electrons. The van der Waals surface area contributed by atoms with Crippen LogP contribution < -0.4 is 5.73 Å². The Morgan fingerprint density at radius 2 is 2.21 bits per heavy atom. The highest BCUT2D eigenvalue weighted by Gasteiger charge is 2.26. The van der Waals surface area contributed by atoms with E-state index in [-0.39, 0.29) is 12.1 Å². The lowest BCUT2D eigenvalue weighted by Crippen LogP contribution is -2.41. The fraction of sp³-hybridized carbons (Fsp3) is 0.667. The van der Waals surface area contributed by atoms with Gasteiger partial charge >= 0.3 is 0 Å². The van der Waals surface area contributed by atoms with E-state index in [9.17, 15) is 0 Å². The van der Waals surface area contributed by atoms with Crippen molar-refractivity contribution in [2.45, 2.75) is 44.4 Å². The lowest BCUT2D eigenvalue weighted by molar-refractivity contribution is 0.0628. The number of hydrogen-bond acceptors (Lipinski definition) is 4. The van der Waals surface area contributed by atoms with E-state index in [1.807, 2.05) is 12.4 Å². The van der Waals surface area contributed by atoms with Gasteiger partial charge in [0.1, 0.15) is 0 Å². The number of pyridine rings is 1. The molecular formula is C15H25N3O. The minimum atomic E-state index is 0.133. The highest BCUT2D eigenvalue weighted by atomic mass is 16.5. The average molecular weight is 263 g/mol. The lowest BCUT2D eigenvalue weighted by atomic mass is 9.97. The number of hydrogen-bond donors (Lipinski definition) is 1. The van der Waals surface area contributed by atoms with E-state index in [0.717, 1.165) is 26.0 Å². The topological polar surface area (TPSA) is 51.4 Å². The molecule has 0 aromatic carbocycles. The van der Waals surface area contributed by atoms with Crippen LogP contribution in [0.3, 0.4) is 0 Å². The second-order valence-corrected chi connectivity index (χ2v) is 5.37. The second kappa shape index (κ2) is 6.98. The summed E-state index contributed by atoms with van der Waals surface area (Å²) in [7, 11) is 2.14. The third-order valence-electron chi connectivity index (χ3n) is 3.92. The van der Waals surface area contributed by atoms with Gasteiger partial charge < -0.3 is 10.5 Å². The molecule has 1 saturated heterocycles. The van der Waals surface area contributed by atoms with Crippen molar-refractivity contribution in [3.63, 3.8) is 0 Å². The Labute approximate surface area is 116 Å². The van der Waals surface area contributed by atoms with Crippen molar-refractivity contribution >= 4 is 0 Å². The molecule has 1 aromatic rings. The van der Waals surface area contributed by atoms with E-state index in [1.54, 1.807) is 0 Å². The van der Waals surface area contributed by atoms with Crippen LogP contribution in [0.2, 0.25) is 0 Å². The van der Waals surface area contributed by atoms with E-state index >= 15 is 0 Å². The zero-order chi connectivity index (χ0) is 13.7. The first-order valence-electron chi connectivity index (χ1n) is 7.19. The minimum Gasteiger partial charge on any atom is -0.377 e. The van der Waals surface area contributed by atoms with E-state index in [4.69, 9.17) is 10.5 Å². The number of nitrogens with zero attached hydrogens (tertiary/aromatic N) is 2. The summed E-state index contributed by atoms with van der Waals surface area (Å²) in [6.07, 6.45) is 7.34. The quantitative estimate of drug-likeness (QED) is 0.852. The summed E-state index contributed by atoms with van der Waals surface area (Å²) in [6, 6.07) is 4.49. The molecule has 0 radical (unpaired) electrons. The highest BCUT2D eigenvalue weighted by molar-refractivity contribution is 5.17. The smallest absolute Gasteiger partial charge is 0.0702 e. The van der Waals surface area contributed by atoms with Crippen molar-refractivity contribution in [1.29, 1.82) is 0 Å². The van der Waals surface area contributed by atoms with Gasteiger partial charge in [-0.25, -0.2) is 0 Å². The molecule has 3 unspecified atom stereocenters. The Hall–Kier alpha value is -0.970. The van der Waals surface area contributed by atoms with Gasteiger partial charge in [-0.1, -0.05) is 6.92 Å². The Morgan fingerprint density at radius 3 is 2.79 bits per heavy atom. The predicted molar refractivity (Wildman–Crippen MR) is 76.8 cm³/mol. The molecule has 1 aliphatic rings. The summed E-state index contributed by atoms with van der Waals surface area (Å²) in [4.78, 5) is 6.42. The molecule has 4 heteroatoms. The van der Waals surface area contributed by atoms with Crippen LogP contribution in [-0.4, -0.2) is 42.2 Å². The standard InChI is InChI=1S/C15H25N3O/c1-3-14(16)15(12-6-8-17-9-7-12)18(2)11-13-5-4-10-19-13/h6-9,13-15H,3-5,10-11,16H2,1-2H3. The summed E-state index contributed by atoms with van der Waals surface area (Å²) in [5, 5.41) is 0. The Balaban J connectivity index is 2.08. The number of likely N-dealkylation sites (N-methyl/N-ethyl adjacent to an activating group) is 1. The minimum absolute atomic E-state index is 0.133. The van der Waals surface area contributed by atoms with Crippen LogP contribution >= 0.6 is 0 Å². The van der Waals surface area contributed by atoms with Crippen molar-refractivity contribution in [2.75, 3.05) is 20.2 Å². The SMILES string of the molecule is CCC(N)C(c1ccncc1)N(C)CC1CCCO1. The van der Waals surface area contributed by atoms with Gasteiger partial charge in [-0.15, -0.1) is 0 Å². The summed E-state index contributed by atoms with van der Waals surface area (Å²) in [5.74, 6) is 0. The normalized spacial score (nSPS) is 22.6. The molecule has 2 heterocycles. The number of rotatable bonds is 6. The molecule has 19 heavy (non-hydrogen) atoms. The molecule has 0 bridgehead atoms. The molecule has 4 nitrogen and oxygen atoms in total.